The van der Waals surface area contributed by atoms with E-state index in [0.717, 1.165) is 0 Å². The largest absolute Gasteiger partial charge is 0.494 e. The normalized spacial score (nSPS) is 9.96. The van der Waals surface area contributed by atoms with Gasteiger partial charge in [-0.25, -0.2) is 0 Å². The molecule has 0 saturated heterocycles. The van der Waals surface area contributed by atoms with E-state index in [9.17, 15) is 9.59 Å². The molecule has 2 N–H and O–H groups in total. The maximum Gasteiger partial charge on any atom is 0.255 e. The topological polar surface area (TPSA) is 76.7 Å². The molecule has 0 aromatic heterocycles. The van der Waals surface area contributed by atoms with E-state index in [-0.39, 0.29) is 17.6 Å². The summed E-state index contributed by atoms with van der Waals surface area (Å²) in [5.74, 6) is 0.282. The van der Waals surface area contributed by atoms with E-state index < -0.39 is 0 Å². The summed E-state index contributed by atoms with van der Waals surface area (Å²) < 4.78 is 10.6. The number of methoxy groups -OCH3 is 2. The number of amides is 2. The van der Waals surface area contributed by atoms with E-state index in [1.54, 1.807) is 36.4 Å². The first-order chi connectivity index (χ1) is 11.6. The van der Waals surface area contributed by atoms with E-state index in [4.69, 9.17) is 9.47 Å². The maximum absolute atomic E-state index is 12.3. The molecule has 24 heavy (non-hydrogen) atoms. The van der Waals surface area contributed by atoms with Gasteiger partial charge in [0.15, 0.2) is 0 Å². The highest BCUT2D eigenvalue weighted by atomic mass is 32.1. The van der Waals surface area contributed by atoms with Gasteiger partial charge in [-0.2, -0.15) is 12.6 Å². The second-order valence-electron chi connectivity index (χ2n) is 4.78. The molecule has 2 rings (SSSR count). The molecule has 7 heteroatoms. The van der Waals surface area contributed by atoms with Gasteiger partial charge in [0.25, 0.3) is 5.91 Å². The lowest BCUT2D eigenvalue weighted by Crippen LogP contribution is -2.15. The lowest BCUT2D eigenvalue weighted by molar-refractivity contribution is -0.113. The number of rotatable bonds is 6. The average molecular weight is 346 g/mol. The molecule has 0 fully saturated rings. The summed E-state index contributed by atoms with van der Waals surface area (Å²) in [6.07, 6.45) is 0. The Labute approximate surface area is 145 Å². The highest BCUT2D eigenvalue weighted by molar-refractivity contribution is 7.81. The number of nitrogens with one attached hydrogen (secondary N) is 2. The molecular weight excluding hydrogens is 328 g/mol. The molecule has 2 amide bonds. The van der Waals surface area contributed by atoms with Crippen LogP contribution in [0.1, 0.15) is 10.4 Å². The summed E-state index contributed by atoms with van der Waals surface area (Å²) >= 11 is 3.92. The van der Waals surface area contributed by atoms with Gasteiger partial charge in [-0.1, -0.05) is 18.2 Å². The summed E-state index contributed by atoms with van der Waals surface area (Å²) in [5.41, 5.74) is 1.39. The first-order valence-electron chi connectivity index (χ1n) is 7.12. The van der Waals surface area contributed by atoms with Crippen LogP contribution in [0.4, 0.5) is 11.4 Å². The predicted molar refractivity (Wildman–Crippen MR) is 96.4 cm³/mol. The van der Waals surface area contributed by atoms with Crippen LogP contribution < -0.4 is 20.1 Å². The highest BCUT2D eigenvalue weighted by Gasteiger charge is 2.15. The van der Waals surface area contributed by atoms with Crippen LogP contribution >= 0.6 is 12.6 Å². The molecule has 0 spiro atoms. The van der Waals surface area contributed by atoms with Crippen molar-refractivity contribution in [2.45, 2.75) is 0 Å². The van der Waals surface area contributed by atoms with Gasteiger partial charge in [-0.15, -0.1) is 0 Å². The molecule has 6 nitrogen and oxygen atoms in total. The molecule has 0 aliphatic heterocycles. The van der Waals surface area contributed by atoms with Crippen molar-refractivity contribution in [3.63, 3.8) is 0 Å². The van der Waals surface area contributed by atoms with Gasteiger partial charge in [0.05, 0.1) is 31.3 Å². The van der Waals surface area contributed by atoms with E-state index in [0.29, 0.717) is 28.4 Å². The van der Waals surface area contributed by atoms with Crippen LogP contribution in [0.25, 0.3) is 0 Å². The third-order valence-corrected chi connectivity index (χ3v) is 3.51. The molecule has 0 saturated carbocycles. The second kappa shape index (κ2) is 8.26. The lowest BCUT2D eigenvalue weighted by atomic mass is 10.2. The Morgan fingerprint density at radius 2 is 1.50 bits per heavy atom. The Morgan fingerprint density at radius 1 is 0.958 bits per heavy atom. The summed E-state index contributed by atoms with van der Waals surface area (Å²) in [6, 6.07) is 12.0. The molecule has 2 aromatic rings. The highest BCUT2D eigenvalue weighted by Crippen LogP contribution is 2.36. The van der Waals surface area contributed by atoms with Crippen molar-refractivity contribution in [3.05, 3.63) is 48.0 Å². The van der Waals surface area contributed by atoms with Gasteiger partial charge in [-0.05, 0) is 12.1 Å². The molecule has 0 unspecified atom stereocenters. The van der Waals surface area contributed by atoms with Gasteiger partial charge in [0.1, 0.15) is 11.5 Å². The van der Waals surface area contributed by atoms with E-state index >= 15 is 0 Å². The number of thiol groups is 1. The quantitative estimate of drug-likeness (QED) is 0.703. The van der Waals surface area contributed by atoms with Gasteiger partial charge >= 0.3 is 0 Å². The van der Waals surface area contributed by atoms with E-state index in [1.807, 2.05) is 6.07 Å². The number of hydrogen-bond acceptors (Lipinski definition) is 5. The molecule has 126 valence electrons. The first-order valence-corrected chi connectivity index (χ1v) is 7.75. The number of carbonyl (C=O) groups excluding carboxylic acids is 2. The standard InChI is InChI=1S/C17H18N2O4S/c1-22-14-9-13(19-17(21)11-6-4-3-5-7-11)15(23-2)8-12(14)18-16(20)10-24/h3-9,24H,10H2,1-2H3,(H,18,20)(H,19,21). The molecule has 2 aromatic carbocycles. The summed E-state index contributed by atoms with van der Waals surface area (Å²) in [6.45, 7) is 0. The predicted octanol–water partition coefficient (Wildman–Crippen LogP) is 2.82. The van der Waals surface area contributed by atoms with Gasteiger partial charge in [0, 0.05) is 17.7 Å². The number of ether oxygens (including phenoxy) is 2. The van der Waals surface area contributed by atoms with E-state index in [2.05, 4.69) is 23.3 Å². The van der Waals surface area contributed by atoms with Crippen LogP contribution in [0.15, 0.2) is 42.5 Å². The summed E-state index contributed by atoms with van der Waals surface area (Å²) in [4.78, 5) is 23.8. The van der Waals surface area contributed by atoms with Crippen LogP contribution in [0, 0.1) is 0 Å². The van der Waals surface area contributed by atoms with Crippen LogP contribution in [-0.2, 0) is 4.79 Å². The van der Waals surface area contributed by atoms with Crippen molar-refractivity contribution in [1.29, 1.82) is 0 Å². The summed E-state index contributed by atoms with van der Waals surface area (Å²) in [7, 11) is 2.95. The minimum Gasteiger partial charge on any atom is -0.494 e. The monoisotopic (exact) mass is 346 g/mol. The smallest absolute Gasteiger partial charge is 0.255 e. The van der Waals surface area contributed by atoms with Crippen LogP contribution in [0.2, 0.25) is 0 Å². The van der Waals surface area contributed by atoms with Gasteiger partial charge < -0.3 is 20.1 Å². The third kappa shape index (κ3) is 4.20. The number of hydrogen-bond donors (Lipinski definition) is 3. The molecule has 0 heterocycles. The van der Waals surface area contributed by atoms with Crippen molar-refractivity contribution >= 4 is 35.8 Å². The number of anilines is 2. The minimum absolute atomic E-state index is 0.0396. The van der Waals surface area contributed by atoms with Crippen LogP contribution in [0.3, 0.4) is 0 Å². The fraction of sp³-hybridized carbons (Fsp3) is 0.176. The van der Waals surface area contributed by atoms with Crippen molar-refractivity contribution in [3.8, 4) is 11.5 Å². The first kappa shape index (κ1) is 17.7. The third-order valence-electron chi connectivity index (χ3n) is 3.22. The Hall–Kier alpha value is -2.67. The minimum atomic E-state index is -0.278. The number of benzene rings is 2. The van der Waals surface area contributed by atoms with Crippen molar-refractivity contribution in [2.24, 2.45) is 0 Å². The average Bonchev–Trinajstić information content (AvgIpc) is 2.62. The molecule has 0 aliphatic carbocycles. The zero-order chi connectivity index (χ0) is 17.5. The lowest BCUT2D eigenvalue weighted by Gasteiger charge is -2.16. The Morgan fingerprint density at radius 3 is 2.00 bits per heavy atom. The molecule has 0 atom stereocenters. The molecule has 0 radical (unpaired) electrons. The summed E-state index contributed by atoms with van der Waals surface area (Å²) in [5, 5.41) is 5.44. The van der Waals surface area contributed by atoms with Gasteiger partial charge in [0.2, 0.25) is 5.91 Å². The molecular formula is C17H18N2O4S. The fourth-order valence-corrected chi connectivity index (χ4v) is 2.15. The van der Waals surface area contributed by atoms with Crippen molar-refractivity contribution in [1.82, 2.24) is 0 Å². The maximum atomic E-state index is 12.3. The van der Waals surface area contributed by atoms with Crippen molar-refractivity contribution in [2.75, 3.05) is 30.6 Å². The fourth-order valence-electron chi connectivity index (χ4n) is 2.07. The molecule has 0 bridgehead atoms. The molecule has 0 aliphatic rings. The van der Waals surface area contributed by atoms with Crippen molar-refractivity contribution < 1.29 is 19.1 Å². The Balaban J connectivity index is 2.32. The van der Waals surface area contributed by atoms with Gasteiger partial charge in [-0.3, -0.25) is 9.59 Å². The number of carbonyl (C=O) groups is 2. The zero-order valence-electron chi connectivity index (χ0n) is 13.3. The Bertz CT molecular complexity index is 735. The second-order valence-corrected chi connectivity index (χ2v) is 5.10. The SMILES string of the molecule is COc1cc(NC(=O)c2ccccc2)c(OC)cc1NC(=O)CS. The Kier molecular flexibility index (Phi) is 6.08. The van der Waals surface area contributed by atoms with E-state index in [1.165, 1.54) is 14.2 Å². The van der Waals surface area contributed by atoms with Crippen LogP contribution in [-0.4, -0.2) is 31.8 Å². The zero-order valence-corrected chi connectivity index (χ0v) is 14.2. The van der Waals surface area contributed by atoms with Crippen LogP contribution in [0.5, 0.6) is 11.5 Å².